The number of nitrogens with two attached hydrogens (primary N) is 1. The van der Waals surface area contributed by atoms with Gasteiger partial charge in [0.05, 0.1) is 11.2 Å². The number of carbonyl (C=O) groups is 1. The zero-order chi connectivity index (χ0) is 24.6. The molecule has 0 radical (unpaired) electrons. The summed E-state index contributed by atoms with van der Waals surface area (Å²) in [4.78, 5) is 26.8. The molecule has 34 heavy (non-hydrogen) atoms. The number of hydrogen-bond donors (Lipinski definition) is 1. The highest BCUT2D eigenvalue weighted by atomic mass is 19.4. The fourth-order valence-corrected chi connectivity index (χ4v) is 4.16. The molecule has 1 saturated heterocycles. The van der Waals surface area contributed by atoms with E-state index in [1.165, 1.54) is 41.9 Å². The molecule has 1 fully saturated rings. The van der Waals surface area contributed by atoms with Gasteiger partial charge in [-0.25, -0.2) is 4.39 Å². The van der Waals surface area contributed by atoms with Crippen LogP contribution in [-0.4, -0.2) is 36.0 Å². The molecule has 1 aliphatic rings. The van der Waals surface area contributed by atoms with Crippen LogP contribution in [0.4, 0.5) is 23.2 Å². The first-order chi connectivity index (χ1) is 16.0. The Morgan fingerprint density at radius 1 is 1.06 bits per heavy atom. The van der Waals surface area contributed by atoms with Gasteiger partial charge >= 0.3 is 6.36 Å². The van der Waals surface area contributed by atoms with Crippen LogP contribution in [0.5, 0.6) is 11.5 Å². The number of amides is 1. The molecule has 0 unspecified atom stereocenters. The summed E-state index contributed by atoms with van der Waals surface area (Å²) in [5.74, 6) is -1.38. The Morgan fingerprint density at radius 2 is 1.68 bits per heavy atom. The zero-order valence-corrected chi connectivity index (χ0v) is 18.1. The van der Waals surface area contributed by atoms with Crippen LogP contribution in [0.25, 0.3) is 10.9 Å². The number of pyridine rings is 1. The molecule has 0 atom stereocenters. The molecule has 1 amide bonds. The highest BCUT2D eigenvalue weighted by Gasteiger charge is 2.31. The number of piperidine rings is 1. The largest absolute Gasteiger partial charge is 0.573 e. The minimum absolute atomic E-state index is 0.208. The molecule has 2 aromatic carbocycles. The number of primary amides is 1. The lowest BCUT2D eigenvalue weighted by atomic mass is 10.0. The molecule has 1 aliphatic heterocycles. The van der Waals surface area contributed by atoms with Gasteiger partial charge in [0.1, 0.15) is 29.0 Å². The Morgan fingerprint density at radius 3 is 2.26 bits per heavy atom. The minimum Gasteiger partial charge on any atom is -0.490 e. The van der Waals surface area contributed by atoms with Crippen molar-refractivity contribution in [2.24, 2.45) is 12.8 Å². The van der Waals surface area contributed by atoms with Gasteiger partial charge in [0, 0.05) is 38.4 Å². The number of carbonyl (C=O) groups excluding carboxylic acids is 1. The number of fused-ring (bicyclic) bond motifs is 1. The second-order valence-electron chi connectivity index (χ2n) is 7.94. The number of nitrogens with zero attached hydrogens (tertiary/aromatic N) is 2. The third kappa shape index (κ3) is 4.78. The molecular weight excluding hydrogens is 458 g/mol. The number of anilines is 1. The summed E-state index contributed by atoms with van der Waals surface area (Å²) in [6, 6.07) is 9.08. The van der Waals surface area contributed by atoms with Crippen LogP contribution >= 0.6 is 0 Å². The predicted octanol–water partition coefficient (Wildman–Crippen LogP) is 3.72. The maximum atomic E-state index is 14.1. The van der Waals surface area contributed by atoms with Crippen molar-refractivity contribution in [3.63, 3.8) is 0 Å². The second kappa shape index (κ2) is 8.88. The Bertz CT molecular complexity index is 1280. The maximum Gasteiger partial charge on any atom is 0.573 e. The van der Waals surface area contributed by atoms with Gasteiger partial charge in [-0.3, -0.25) is 9.59 Å². The third-order valence-corrected chi connectivity index (χ3v) is 5.70. The lowest BCUT2D eigenvalue weighted by molar-refractivity contribution is -0.274. The summed E-state index contributed by atoms with van der Waals surface area (Å²) in [7, 11) is 1.49. The molecule has 0 bridgehead atoms. The highest BCUT2D eigenvalue weighted by Crippen LogP contribution is 2.32. The fourth-order valence-electron chi connectivity index (χ4n) is 4.16. The van der Waals surface area contributed by atoms with Crippen molar-refractivity contribution >= 4 is 22.5 Å². The Kier molecular flexibility index (Phi) is 6.11. The van der Waals surface area contributed by atoms with Crippen molar-refractivity contribution in [3.8, 4) is 11.5 Å². The molecule has 2 N–H and O–H groups in total. The van der Waals surface area contributed by atoms with E-state index < -0.39 is 23.6 Å². The third-order valence-electron chi connectivity index (χ3n) is 5.70. The molecular formula is C23H21F4N3O4. The van der Waals surface area contributed by atoms with Gasteiger partial charge in [-0.1, -0.05) is 0 Å². The van der Waals surface area contributed by atoms with Crippen molar-refractivity contribution in [2.45, 2.75) is 25.3 Å². The molecule has 0 spiro atoms. The molecule has 2 heterocycles. The first-order valence-corrected chi connectivity index (χ1v) is 10.4. The van der Waals surface area contributed by atoms with E-state index in [0.717, 1.165) is 12.1 Å². The van der Waals surface area contributed by atoms with E-state index in [-0.39, 0.29) is 23.1 Å². The van der Waals surface area contributed by atoms with Crippen molar-refractivity contribution in [3.05, 3.63) is 64.2 Å². The minimum atomic E-state index is -4.77. The molecule has 0 saturated carbocycles. The Labute approximate surface area is 191 Å². The highest BCUT2D eigenvalue weighted by molar-refractivity contribution is 6.07. The van der Waals surface area contributed by atoms with Gasteiger partial charge in [0.2, 0.25) is 0 Å². The first kappa shape index (κ1) is 23.4. The van der Waals surface area contributed by atoms with Gasteiger partial charge in [0.25, 0.3) is 11.5 Å². The number of rotatable bonds is 5. The standard InChI is InChI=1S/C23H21F4N3O4/c1-29-18-7-2-13(24)12-17(18)20(19(21(28)31)22(29)32)30-10-8-15(9-11-30)33-14-3-5-16(6-4-14)34-23(25,26)27/h2-7,12,15H,8-11H2,1H3,(H2,28,31). The van der Waals surface area contributed by atoms with Crippen LogP contribution in [0.3, 0.4) is 0 Å². The van der Waals surface area contributed by atoms with Crippen LogP contribution < -0.4 is 25.7 Å². The van der Waals surface area contributed by atoms with Crippen LogP contribution in [0.1, 0.15) is 23.2 Å². The van der Waals surface area contributed by atoms with E-state index in [0.29, 0.717) is 42.6 Å². The van der Waals surface area contributed by atoms with E-state index >= 15 is 0 Å². The molecule has 7 nitrogen and oxygen atoms in total. The SMILES string of the molecule is Cn1c(=O)c(C(N)=O)c(N2CCC(Oc3ccc(OC(F)(F)F)cc3)CC2)c2cc(F)ccc21. The van der Waals surface area contributed by atoms with E-state index in [2.05, 4.69) is 4.74 Å². The molecule has 11 heteroatoms. The normalized spacial score (nSPS) is 14.9. The van der Waals surface area contributed by atoms with Crippen LogP contribution in [0.2, 0.25) is 0 Å². The topological polar surface area (TPSA) is 86.8 Å². The van der Waals surface area contributed by atoms with Crippen LogP contribution in [-0.2, 0) is 7.05 Å². The number of benzene rings is 2. The van der Waals surface area contributed by atoms with Gasteiger partial charge in [-0.05, 0) is 42.5 Å². The van der Waals surface area contributed by atoms with Crippen LogP contribution in [0.15, 0.2) is 47.3 Å². The average Bonchev–Trinajstić information content (AvgIpc) is 2.77. The number of aryl methyl sites for hydroxylation is 1. The first-order valence-electron chi connectivity index (χ1n) is 10.4. The van der Waals surface area contributed by atoms with E-state index in [1.54, 1.807) is 0 Å². The molecule has 4 rings (SSSR count). The molecule has 180 valence electrons. The zero-order valence-electron chi connectivity index (χ0n) is 18.1. The predicted molar refractivity (Wildman–Crippen MR) is 117 cm³/mol. The molecule has 1 aromatic heterocycles. The molecule has 0 aliphatic carbocycles. The smallest absolute Gasteiger partial charge is 0.490 e. The summed E-state index contributed by atoms with van der Waals surface area (Å²) in [5.41, 5.74) is 5.50. The van der Waals surface area contributed by atoms with Crippen molar-refractivity contribution in [2.75, 3.05) is 18.0 Å². The van der Waals surface area contributed by atoms with Gasteiger partial charge in [-0.15, -0.1) is 13.2 Å². The summed E-state index contributed by atoms with van der Waals surface area (Å²) in [5, 5.41) is 0.399. The lowest BCUT2D eigenvalue weighted by Gasteiger charge is -2.35. The maximum absolute atomic E-state index is 14.1. The van der Waals surface area contributed by atoms with Gasteiger partial charge in [0.15, 0.2) is 0 Å². The quantitative estimate of drug-likeness (QED) is 0.564. The average molecular weight is 479 g/mol. The van der Waals surface area contributed by atoms with E-state index in [1.807, 2.05) is 4.90 Å². The van der Waals surface area contributed by atoms with E-state index in [9.17, 15) is 27.2 Å². The fraction of sp³-hybridized carbons (Fsp3) is 0.304. The van der Waals surface area contributed by atoms with Crippen molar-refractivity contribution < 1.29 is 31.8 Å². The second-order valence-corrected chi connectivity index (χ2v) is 7.94. The van der Waals surface area contributed by atoms with Gasteiger partial charge in [-0.2, -0.15) is 0 Å². The van der Waals surface area contributed by atoms with Crippen molar-refractivity contribution in [1.82, 2.24) is 4.57 Å². The number of ether oxygens (including phenoxy) is 2. The van der Waals surface area contributed by atoms with Crippen molar-refractivity contribution in [1.29, 1.82) is 0 Å². The van der Waals surface area contributed by atoms with Gasteiger partial charge < -0.3 is 24.7 Å². The summed E-state index contributed by atoms with van der Waals surface area (Å²) < 4.78 is 62.0. The Balaban J connectivity index is 1.54. The number of hydrogen-bond acceptors (Lipinski definition) is 5. The monoisotopic (exact) mass is 479 g/mol. The molecule has 3 aromatic rings. The number of alkyl halides is 3. The van der Waals surface area contributed by atoms with Crippen LogP contribution in [0, 0.1) is 5.82 Å². The Hall–Kier alpha value is -3.76. The summed E-state index contributed by atoms with van der Waals surface area (Å²) in [6.07, 6.45) is -4.04. The lowest BCUT2D eigenvalue weighted by Crippen LogP contribution is -2.41. The number of aromatic nitrogens is 1. The number of halogens is 4. The summed E-state index contributed by atoms with van der Waals surface area (Å²) >= 11 is 0. The summed E-state index contributed by atoms with van der Waals surface area (Å²) in [6.45, 7) is 0.776. The van der Waals surface area contributed by atoms with E-state index in [4.69, 9.17) is 10.5 Å².